The van der Waals surface area contributed by atoms with Crippen LogP contribution in [0, 0.1) is 0 Å². The van der Waals surface area contributed by atoms with Crippen LogP contribution in [0.3, 0.4) is 0 Å². The second-order valence-corrected chi connectivity index (χ2v) is 7.67. The van der Waals surface area contributed by atoms with Crippen molar-refractivity contribution in [1.82, 2.24) is 0 Å². The van der Waals surface area contributed by atoms with E-state index in [9.17, 15) is 8.42 Å². The summed E-state index contributed by atoms with van der Waals surface area (Å²) in [6, 6.07) is 7.09. The van der Waals surface area contributed by atoms with Crippen molar-refractivity contribution in [2.75, 3.05) is 5.75 Å². The zero-order valence-corrected chi connectivity index (χ0v) is 11.8. The summed E-state index contributed by atoms with van der Waals surface area (Å²) in [5.41, 5.74) is 7.12. The predicted octanol–water partition coefficient (Wildman–Crippen LogP) is 2.18. The minimum atomic E-state index is -3.00. The van der Waals surface area contributed by atoms with Gasteiger partial charge in [-0.3, -0.25) is 0 Å². The summed E-state index contributed by atoms with van der Waals surface area (Å²) < 4.78 is 23.9. The molecule has 3 nitrogen and oxygen atoms in total. The van der Waals surface area contributed by atoms with E-state index in [-0.39, 0.29) is 17.0 Å². The zero-order valence-electron chi connectivity index (χ0n) is 10.2. The lowest BCUT2D eigenvalue weighted by Gasteiger charge is -2.27. The van der Waals surface area contributed by atoms with Gasteiger partial charge in [-0.2, -0.15) is 0 Å². The molecule has 1 heterocycles. The summed E-state index contributed by atoms with van der Waals surface area (Å²) >= 11 is 5.82. The Morgan fingerprint density at radius 3 is 2.56 bits per heavy atom. The Morgan fingerprint density at radius 2 is 1.94 bits per heavy atom. The first-order valence-corrected chi connectivity index (χ1v) is 8.30. The van der Waals surface area contributed by atoms with Crippen LogP contribution in [0.15, 0.2) is 24.3 Å². The van der Waals surface area contributed by atoms with Gasteiger partial charge in [0.1, 0.15) is 0 Å². The third kappa shape index (κ3) is 3.25. The molecule has 5 heteroatoms. The molecule has 2 atom stereocenters. The summed E-state index contributed by atoms with van der Waals surface area (Å²) in [4.78, 5) is 0. The molecule has 0 aromatic heterocycles. The Kier molecular flexibility index (Phi) is 4.30. The van der Waals surface area contributed by atoms with E-state index in [4.69, 9.17) is 17.3 Å². The third-order valence-corrected chi connectivity index (χ3v) is 6.11. The molecule has 0 amide bonds. The largest absolute Gasteiger partial charge is 0.326 e. The quantitative estimate of drug-likeness (QED) is 0.927. The number of hydrogen-bond donors (Lipinski definition) is 1. The predicted molar refractivity (Wildman–Crippen MR) is 74.6 cm³/mol. The fraction of sp³-hybridized carbons (Fsp3) is 0.538. The van der Waals surface area contributed by atoms with E-state index in [0.29, 0.717) is 17.9 Å². The first kappa shape index (κ1) is 13.8. The Morgan fingerprint density at radius 1 is 1.28 bits per heavy atom. The van der Waals surface area contributed by atoms with Gasteiger partial charge >= 0.3 is 0 Å². The van der Waals surface area contributed by atoms with Crippen LogP contribution < -0.4 is 5.73 Å². The van der Waals surface area contributed by atoms with Crippen molar-refractivity contribution < 1.29 is 8.42 Å². The van der Waals surface area contributed by atoms with E-state index in [1.165, 1.54) is 0 Å². The van der Waals surface area contributed by atoms with Gasteiger partial charge in [-0.15, -0.1) is 0 Å². The molecule has 1 aliphatic heterocycles. The highest BCUT2D eigenvalue weighted by atomic mass is 35.5. The maximum absolute atomic E-state index is 12.0. The van der Waals surface area contributed by atoms with Gasteiger partial charge in [0.2, 0.25) is 0 Å². The first-order valence-electron chi connectivity index (χ1n) is 6.20. The second-order valence-electron chi connectivity index (χ2n) is 4.90. The molecule has 0 bridgehead atoms. The standard InChI is InChI=1S/C13H18ClNO2S/c14-11-6-4-10(5-7-11)9-12(15)13-3-1-2-8-18(13,16)17/h4-7,12-13H,1-3,8-9,15H2. The highest BCUT2D eigenvalue weighted by Gasteiger charge is 2.33. The highest BCUT2D eigenvalue weighted by molar-refractivity contribution is 7.92. The maximum atomic E-state index is 12.0. The molecule has 1 aromatic rings. The number of rotatable bonds is 3. The molecular weight excluding hydrogens is 270 g/mol. The Bertz CT molecular complexity index is 498. The lowest BCUT2D eigenvalue weighted by atomic mass is 10.0. The van der Waals surface area contributed by atoms with Crippen LogP contribution in [0.25, 0.3) is 0 Å². The van der Waals surface area contributed by atoms with E-state index in [1.54, 1.807) is 12.1 Å². The van der Waals surface area contributed by atoms with E-state index in [0.717, 1.165) is 18.4 Å². The third-order valence-electron chi connectivity index (χ3n) is 3.49. The van der Waals surface area contributed by atoms with Crippen molar-refractivity contribution >= 4 is 21.4 Å². The van der Waals surface area contributed by atoms with Crippen LogP contribution in [0.1, 0.15) is 24.8 Å². The van der Waals surface area contributed by atoms with Crippen LogP contribution >= 0.6 is 11.6 Å². The van der Waals surface area contributed by atoms with Crippen LogP contribution in [-0.2, 0) is 16.3 Å². The van der Waals surface area contributed by atoms with Crippen LogP contribution in [-0.4, -0.2) is 25.5 Å². The number of halogens is 1. The summed E-state index contributed by atoms with van der Waals surface area (Å²) in [6.45, 7) is 0. The average molecular weight is 288 g/mol. The molecule has 2 unspecified atom stereocenters. The van der Waals surface area contributed by atoms with E-state index in [2.05, 4.69) is 0 Å². The molecule has 1 aliphatic rings. The molecule has 2 N–H and O–H groups in total. The number of sulfone groups is 1. The first-order chi connectivity index (χ1) is 8.49. The second kappa shape index (κ2) is 5.59. The number of hydrogen-bond acceptors (Lipinski definition) is 3. The highest BCUT2D eigenvalue weighted by Crippen LogP contribution is 2.23. The Balaban J connectivity index is 2.07. The fourth-order valence-corrected chi connectivity index (χ4v) is 4.67. The molecule has 1 saturated heterocycles. The SMILES string of the molecule is NC(Cc1ccc(Cl)cc1)C1CCCCS1(=O)=O. The lowest BCUT2D eigenvalue weighted by molar-refractivity contribution is 0.495. The Labute approximate surface area is 113 Å². The molecule has 100 valence electrons. The molecule has 0 spiro atoms. The van der Waals surface area contributed by atoms with Crippen LogP contribution in [0.5, 0.6) is 0 Å². The average Bonchev–Trinajstić information content (AvgIpc) is 2.31. The molecular formula is C13H18ClNO2S. The van der Waals surface area contributed by atoms with Crippen LogP contribution in [0.2, 0.25) is 5.02 Å². The monoisotopic (exact) mass is 287 g/mol. The van der Waals surface area contributed by atoms with Gasteiger partial charge in [0.25, 0.3) is 0 Å². The van der Waals surface area contributed by atoms with Crippen molar-refractivity contribution in [2.24, 2.45) is 5.73 Å². The lowest BCUT2D eigenvalue weighted by Crippen LogP contribution is -2.44. The number of nitrogens with two attached hydrogens (primary N) is 1. The van der Waals surface area contributed by atoms with Crippen molar-refractivity contribution in [3.8, 4) is 0 Å². The molecule has 0 saturated carbocycles. The van der Waals surface area contributed by atoms with E-state index < -0.39 is 9.84 Å². The van der Waals surface area contributed by atoms with Crippen molar-refractivity contribution in [1.29, 1.82) is 0 Å². The minimum absolute atomic E-state index is 0.284. The van der Waals surface area contributed by atoms with Gasteiger partial charge in [0.15, 0.2) is 9.84 Å². The maximum Gasteiger partial charge on any atom is 0.154 e. The van der Waals surface area contributed by atoms with Gasteiger partial charge in [-0.1, -0.05) is 30.2 Å². The summed E-state index contributed by atoms with van der Waals surface area (Å²) in [6.07, 6.45) is 3.00. The minimum Gasteiger partial charge on any atom is -0.326 e. The molecule has 1 fully saturated rings. The van der Waals surface area contributed by atoms with Gasteiger partial charge in [0, 0.05) is 11.1 Å². The molecule has 2 rings (SSSR count). The number of benzene rings is 1. The van der Waals surface area contributed by atoms with E-state index in [1.807, 2.05) is 12.1 Å². The smallest absolute Gasteiger partial charge is 0.154 e. The molecule has 1 aromatic carbocycles. The fourth-order valence-electron chi connectivity index (χ4n) is 2.48. The van der Waals surface area contributed by atoms with Gasteiger partial charge < -0.3 is 5.73 Å². The van der Waals surface area contributed by atoms with Crippen molar-refractivity contribution in [2.45, 2.75) is 37.0 Å². The summed E-state index contributed by atoms with van der Waals surface area (Å²) in [5.74, 6) is 0.284. The van der Waals surface area contributed by atoms with Gasteiger partial charge in [-0.25, -0.2) is 8.42 Å². The molecule has 0 radical (unpaired) electrons. The van der Waals surface area contributed by atoms with Crippen LogP contribution in [0.4, 0.5) is 0 Å². The summed E-state index contributed by atoms with van der Waals surface area (Å²) in [7, 11) is -3.00. The topological polar surface area (TPSA) is 60.2 Å². The van der Waals surface area contributed by atoms with Crippen molar-refractivity contribution in [3.63, 3.8) is 0 Å². The molecule has 0 aliphatic carbocycles. The van der Waals surface area contributed by atoms with Gasteiger partial charge in [0.05, 0.1) is 11.0 Å². The van der Waals surface area contributed by atoms with Crippen molar-refractivity contribution in [3.05, 3.63) is 34.9 Å². The van der Waals surface area contributed by atoms with Gasteiger partial charge in [-0.05, 0) is 37.0 Å². The summed E-state index contributed by atoms with van der Waals surface area (Å²) in [5, 5.41) is 0.291. The Hall–Kier alpha value is -0.580. The van der Waals surface area contributed by atoms with E-state index >= 15 is 0 Å². The molecule has 18 heavy (non-hydrogen) atoms. The normalized spacial score (nSPS) is 24.7. The zero-order chi connectivity index (χ0) is 13.2.